The number of amides is 1. The zero-order valence-corrected chi connectivity index (χ0v) is 15.5. The summed E-state index contributed by atoms with van der Waals surface area (Å²) in [5, 5.41) is 2.97. The van der Waals surface area contributed by atoms with Crippen molar-refractivity contribution in [2.75, 3.05) is 32.1 Å². The van der Waals surface area contributed by atoms with Gasteiger partial charge in [-0.15, -0.1) is 0 Å². The van der Waals surface area contributed by atoms with E-state index in [0.29, 0.717) is 6.42 Å². The van der Waals surface area contributed by atoms with E-state index in [-0.39, 0.29) is 5.91 Å². The summed E-state index contributed by atoms with van der Waals surface area (Å²) >= 11 is 0. The monoisotopic (exact) mass is 352 g/mol. The average Bonchev–Trinajstić information content (AvgIpc) is 3.17. The fourth-order valence-electron chi connectivity index (χ4n) is 3.40. The van der Waals surface area contributed by atoms with Crippen molar-refractivity contribution in [3.8, 4) is 5.75 Å². The zero-order chi connectivity index (χ0) is 18.2. The van der Waals surface area contributed by atoms with E-state index in [1.54, 1.807) is 7.11 Å². The fraction of sp³-hybridized carbons (Fsp3) is 0.409. The second-order valence-electron chi connectivity index (χ2n) is 6.92. The summed E-state index contributed by atoms with van der Waals surface area (Å²) in [5.74, 6) is 0.798. The molecule has 2 aromatic rings. The molecule has 1 saturated heterocycles. The normalized spacial score (nSPS) is 14.3. The van der Waals surface area contributed by atoms with Crippen molar-refractivity contribution in [2.24, 2.45) is 0 Å². The summed E-state index contributed by atoms with van der Waals surface area (Å²) in [4.78, 5) is 14.7. The Hall–Kier alpha value is -2.33. The van der Waals surface area contributed by atoms with E-state index in [4.69, 9.17) is 4.74 Å². The predicted molar refractivity (Wildman–Crippen MR) is 106 cm³/mol. The molecule has 0 radical (unpaired) electrons. The number of carbonyl (C=O) groups excluding carboxylic acids is 1. The second kappa shape index (κ2) is 9.39. The number of benzene rings is 2. The third kappa shape index (κ3) is 5.60. The smallest absolute Gasteiger partial charge is 0.228 e. The van der Waals surface area contributed by atoms with E-state index >= 15 is 0 Å². The molecule has 1 aliphatic rings. The van der Waals surface area contributed by atoms with Crippen LogP contribution in [0.5, 0.6) is 5.75 Å². The second-order valence-corrected chi connectivity index (χ2v) is 6.92. The maximum atomic E-state index is 12.2. The lowest BCUT2D eigenvalue weighted by Gasteiger charge is -2.14. The molecule has 0 unspecified atom stereocenters. The minimum absolute atomic E-state index is 0.00282. The Labute approximate surface area is 156 Å². The summed E-state index contributed by atoms with van der Waals surface area (Å²) in [5.41, 5.74) is 3.16. The van der Waals surface area contributed by atoms with Gasteiger partial charge in [-0.25, -0.2) is 0 Å². The van der Waals surface area contributed by atoms with Gasteiger partial charge in [0.15, 0.2) is 0 Å². The number of anilines is 1. The third-order valence-electron chi connectivity index (χ3n) is 4.90. The van der Waals surface area contributed by atoms with Crippen LogP contribution in [0.1, 0.15) is 30.4 Å². The van der Waals surface area contributed by atoms with Crippen LogP contribution in [0.4, 0.5) is 5.69 Å². The largest absolute Gasteiger partial charge is 0.497 e. The highest BCUT2D eigenvalue weighted by atomic mass is 16.5. The number of nitrogens with one attached hydrogen (secondary N) is 1. The van der Waals surface area contributed by atoms with Gasteiger partial charge in [-0.2, -0.15) is 0 Å². The van der Waals surface area contributed by atoms with Crippen molar-refractivity contribution in [1.29, 1.82) is 0 Å². The minimum Gasteiger partial charge on any atom is -0.497 e. The van der Waals surface area contributed by atoms with Crippen molar-refractivity contribution < 1.29 is 9.53 Å². The predicted octanol–water partition coefficient (Wildman–Crippen LogP) is 3.90. The van der Waals surface area contributed by atoms with Crippen molar-refractivity contribution >= 4 is 11.6 Å². The number of hydrogen-bond acceptors (Lipinski definition) is 3. The molecule has 138 valence electrons. The van der Waals surface area contributed by atoms with Crippen LogP contribution >= 0.6 is 0 Å². The molecule has 3 rings (SSSR count). The van der Waals surface area contributed by atoms with Crippen LogP contribution in [0, 0.1) is 0 Å². The Kier molecular flexibility index (Phi) is 6.67. The first-order valence-corrected chi connectivity index (χ1v) is 9.47. The molecule has 0 saturated carbocycles. The van der Waals surface area contributed by atoms with Crippen molar-refractivity contribution in [2.45, 2.75) is 32.1 Å². The first kappa shape index (κ1) is 18.5. The molecule has 26 heavy (non-hydrogen) atoms. The first-order valence-electron chi connectivity index (χ1n) is 9.47. The van der Waals surface area contributed by atoms with Gasteiger partial charge in [0.1, 0.15) is 5.75 Å². The van der Waals surface area contributed by atoms with E-state index in [9.17, 15) is 4.79 Å². The van der Waals surface area contributed by atoms with E-state index in [1.807, 2.05) is 36.4 Å². The SMILES string of the molecule is COc1ccc(CC(=O)Nc2ccc(CCCN3CCCC3)cc2)cc1. The number of ether oxygens (including phenoxy) is 1. The lowest BCUT2D eigenvalue weighted by Crippen LogP contribution is -2.20. The Morgan fingerprint density at radius 2 is 1.65 bits per heavy atom. The van der Waals surface area contributed by atoms with Gasteiger partial charge in [0.2, 0.25) is 5.91 Å². The maximum absolute atomic E-state index is 12.2. The van der Waals surface area contributed by atoms with Crippen LogP contribution < -0.4 is 10.1 Å². The van der Waals surface area contributed by atoms with Crippen LogP contribution in [0.2, 0.25) is 0 Å². The number of carbonyl (C=O) groups is 1. The quantitative estimate of drug-likeness (QED) is 0.783. The molecular weight excluding hydrogens is 324 g/mol. The Morgan fingerprint density at radius 3 is 2.31 bits per heavy atom. The van der Waals surface area contributed by atoms with Gasteiger partial charge in [-0.1, -0.05) is 24.3 Å². The van der Waals surface area contributed by atoms with Crippen LogP contribution in [-0.2, 0) is 17.6 Å². The molecule has 0 aromatic heterocycles. The number of likely N-dealkylation sites (tertiary alicyclic amines) is 1. The highest BCUT2D eigenvalue weighted by molar-refractivity contribution is 5.92. The summed E-state index contributed by atoms with van der Waals surface area (Å²) < 4.78 is 5.13. The highest BCUT2D eigenvalue weighted by Crippen LogP contribution is 2.15. The number of aryl methyl sites for hydroxylation is 1. The molecule has 1 aliphatic heterocycles. The number of rotatable bonds is 8. The minimum atomic E-state index is -0.00282. The van der Waals surface area contributed by atoms with E-state index < -0.39 is 0 Å². The Balaban J connectivity index is 1.43. The zero-order valence-electron chi connectivity index (χ0n) is 15.5. The molecule has 4 nitrogen and oxygen atoms in total. The van der Waals surface area contributed by atoms with E-state index in [2.05, 4.69) is 22.3 Å². The molecule has 0 atom stereocenters. The fourth-order valence-corrected chi connectivity index (χ4v) is 3.40. The van der Waals surface area contributed by atoms with Crippen molar-refractivity contribution in [3.05, 3.63) is 59.7 Å². The standard InChI is InChI=1S/C22H28N2O2/c1-26-21-12-8-19(9-13-21)17-22(25)23-20-10-6-18(7-11-20)5-4-16-24-14-2-3-15-24/h6-13H,2-5,14-17H2,1H3,(H,23,25). The molecule has 4 heteroatoms. The Morgan fingerprint density at radius 1 is 1.00 bits per heavy atom. The lowest BCUT2D eigenvalue weighted by molar-refractivity contribution is -0.115. The van der Waals surface area contributed by atoms with Gasteiger partial charge in [0.25, 0.3) is 0 Å². The van der Waals surface area contributed by atoms with Gasteiger partial charge >= 0.3 is 0 Å². The average molecular weight is 352 g/mol. The number of hydrogen-bond donors (Lipinski definition) is 1. The molecule has 0 spiro atoms. The first-order chi connectivity index (χ1) is 12.7. The maximum Gasteiger partial charge on any atom is 0.228 e. The highest BCUT2D eigenvalue weighted by Gasteiger charge is 2.10. The summed E-state index contributed by atoms with van der Waals surface area (Å²) in [7, 11) is 1.64. The third-order valence-corrected chi connectivity index (χ3v) is 4.90. The molecule has 1 heterocycles. The van der Waals surface area contributed by atoms with Crippen LogP contribution in [0.3, 0.4) is 0 Å². The summed E-state index contributed by atoms with van der Waals surface area (Å²) in [6.07, 6.45) is 5.36. The van der Waals surface area contributed by atoms with Gasteiger partial charge in [-0.05, 0) is 80.7 Å². The molecular formula is C22H28N2O2. The number of methoxy groups -OCH3 is 1. The molecule has 0 bridgehead atoms. The van der Waals surface area contributed by atoms with Crippen molar-refractivity contribution in [1.82, 2.24) is 4.90 Å². The summed E-state index contributed by atoms with van der Waals surface area (Å²) in [6, 6.07) is 15.8. The Bertz CT molecular complexity index is 689. The van der Waals surface area contributed by atoms with Crippen LogP contribution in [0.25, 0.3) is 0 Å². The number of nitrogens with zero attached hydrogens (tertiary/aromatic N) is 1. The molecule has 0 aliphatic carbocycles. The van der Waals surface area contributed by atoms with E-state index in [0.717, 1.165) is 23.4 Å². The van der Waals surface area contributed by atoms with Gasteiger partial charge < -0.3 is 15.0 Å². The van der Waals surface area contributed by atoms with Gasteiger partial charge in [-0.3, -0.25) is 4.79 Å². The van der Waals surface area contributed by atoms with Gasteiger partial charge in [0, 0.05) is 5.69 Å². The van der Waals surface area contributed by atoms with Gasteiger partial charge in [0.05, 0.1) is 13.5 Å². The van der Waals surface area contributed by atoms with Crippen molar-refractivity contribution in [3.63, 3.8) is 0 Å². The summed E-state index contributed by atoms with van der Waals surface area (Å²) in [6.45, 7) is 3.72. The lowest BCUT2D eigenvalue weighted by atomic mass is 10.1. The van der Waals surface area contributed by atoms with E-state index in [1.165, 1.54) is 44.5 Å². The molecule has 1 amide bonds. The van der Waals surface area contributed by atoms with Crippen LogP contribution in [0.15, 0.2) is 48.5 Å². The molecule has 1 N–H and O–H groups in total. The molecule has 1 fully saturated rings. The van der Waals surface area contributed by atoms with Crippen LogP contribution in [-0.4, -0.2) is 37.6 Å². The topological polar surface area (TPSA) is 41.6 Å². The molecule has 2 aromatic carbocycles.